The molecule has 0 unspecified atom stereocenters. The summed E-state index contributed by atoms with van der Waals surface area (Å²) < 4.78 is 27.4. The van der Waals surface area contributed by atoms with Gasteiger partial charge >= 0.3 is 0 Å². The molecular formula is C36H44FN3O4. The Morgan fingerprint density at radius 3 is 2.45 bits per heavy atom. The van der Waals surface area contributed by atoms with Gasteiger partial charge in [-0.05, 0) is 124 Å². The Morgan fingerprint density at radius 1 is 1.02 bits per heavy atom. The summed E-state index contributed by atoms with van der Waals surface area (Å²) in [5, 5.41) is 2.99. The average molecular weight is 602 g/mol. The molecule has 1 aromatic heterocycles. The van der Waals surface area contributed by atoms with Crippen LogP contribution in [0.4, 0.5) is 10.1 Å². The molecule has 2 fully saturated rings. The minimum atomic E-state index is -0.282. The summed E-state index contributed by atoms with van der Waals surface area (Å²) in [5.41, 5.74) is 7.76. The van der Waals surface area contributed by atoms with Crippen LogP contribution in [0.25, 0.3) is 11.1 Å². The van der Waals surface area contributed by atoms with Gasteiger partial charge in [-0.25, -0.2) is 4.39 Å². The number of carbonyl (C=O) groups excluding carboxylic acids is 1. The van der Waals surface area contributed by atoms with E-state index >= 15 is 4.39 Å². The summed E-state index contributed by atoms with van der Waals surface area (Å²) in [6.45, 7) is 11.5. The average Bonchev–Trinajstić information content (AvgIpc) is 3.34. The summed E-state index contributed by atoms with van der Waals surface area (Å²) in [6.07, 6.45) is 5.59. The highest BCUT2D eigenvalue weighted by Gasteiger charge is 2.40. The molecule has 0 radical (unpaired) electrons. The molecular weight excluding hydrogens is 557 g/mol. The van der Waals surface area contributed by atoms with Gasteiger partial charge < -0.3 is 24.7 Å². The quantitative estimate of drug-likeness (QED) is 0.345. The number of aromatic amines is 1. The van der Waals surface area contributed by atoms with Gasteiger partial charge in [0.05, 0.1) is 0 Å². The van der Waals surface area contributed by atoms with Crippen molar-refractivity contribution in [3.8, 4) is 11.1 Å². The smallest absolute Gasteiger partial charge is 0.253 e. The van der Waals surface area contributed by atoms with E-state index in [9.17, 15) is 9.59 Å². The van der Waals surface area contributed by atoms with Gasteiger partial charge in [-0.15, -0.1) is 0 Å². The van der Waals surface area contributed by atoms with Gasteiger partial charge in [-0.1, -0.05) is 0 Å². The van der Waals surface area contributed by atoms with Crippen molar-refractivity contribution in [2.24, 2.45) is 0 Å². The molecule has 234 valence electrons. The van der Waals surface area contributed by atoms with Gasteiger partial charge in [0.25, 0.3) is 11.5 Å². The molecule has 44 heavy (non-hydrogen) atoms. The molecule has 3 heterocycles. The molecule has 2 aromatic carbocycles. The number of nitrogens with one attached hydrogen (secondary N) is 2. The van der Waals surface area contributed by atoms with E-state index in [1.807, 2.05) is 39.0 Å². The number of nitrogens with zero attached hydrogens (tertiary/aromatic N) is 1. The Kier molecular flexibility index (Phi) is 8.66. The van der Waals surface area contributed by atoms with E-state index in [4.69, 9.17) is 9.47 Å². The van der Waals surface area contributed by atoms with Crippen molar-refractivity contribution in [2.45, 2.75) is 84.2 Å². The van der Waals surface area contributed by atoms with Gasteiger partial charge in [-0.2, -0.15) is 0 Å². The second-order valence-corrected chi connectivity index (χ2v) is 12.8. The van der Waals surface area contributed by atoms with Crippen LogP contribution in [-0.2, 0) is 27.9 Å². The van der Waals surface area contributed by atoms with Crippen LogP contribution >= 0.6 is 0 Å². The zero-order chi connectivity index (χ0) is 31.0. The molecule has 1 amide bonds. The minimum Gasteiger partial charge on any atom is -0.381 e. The number of hydrogen-bond acceptors (Lipinski definition) is 5. The fourth-order valence-corrected chi connectivity index (χ4v) is 7.71. The number of benzene rings is 2. The number of rotatable bonds is 7. The predicted octanol–water partition coefficient (Wildman–Crippen LogP) is 6.04. The fourth-order valence-electron chi connectivity index (χ4n) is 7.71. The van der Waals surface area contributed by atoms with Crippen LogP contribution in [-0.4, -0.2) is 49.9 Å². The van der Waals surface area contributed by atoms with Gasteiger partial charge in [-0.3, -0.25) is 9.59 Å². The Hall–Kier alpha value is -3.49. The van der Waals surface area contributed by atoms with E-state index < -0.39 is 0 Å². The first-order chi connectivity index (χ1) is 21.2. The molecule has 6 rings (SSSR count). The zero-order valence-corrected chi connectivity index (χ0v) is 26.4. The highest BCUT2D eigenvalue weighted by atomic mass is 19.1. The molecule has 7 nitrogen and oxygen atoms in total. The summed E-state index contributed by atoms with van der Waals surface area (Å²) >= 11 is 0. The number of aryl methyl sites for hydroxylation is 3. The maximum Gasteiger partial charge on any atom is 0.253 e. The monoisotopic (exact) mass is 601 g/mol. The summed E-state index contributed by atoms with van der Waals surface area (Å²) in [5.74, 6) is -0.538. The first kappa shape index (κ1) is 30.5. The van der Waals surface area contributed by atoms with E-state index in [2.05, 4.69) is 28.2 Å². The molecule has 2 N–H and O–H groups in total. The highest BCUT2D eigenvalue weighted by molar-refractivity contribution is 5.99. The topological polar surface area (TPSA) is 83.7 Å². The van der Waals surface area contributed by atoms with Crippen molar-refractivity contribution >= 4 is 11.6 Å². The van der Waals surface area contributed by atoms with Gasteiger partial charge in [0, 0.05) is 79.0 Å². The number of H-pyrrole nitrogens is 1. The number of aromatic nitrogens is 1. The third-order valence-electron chi connectivity index (χ3n) is 10.2. The van der Waals surface area contributed by atoms with Crippen LogP contribution in [0, 0.1) is 26.6 Å². The molecule has 2 saturated heterocycles. The molecule has 8 heteroatoms. The third-order valence-corrected chi connectivity index (χ3v) is 10.2. The molecule has 3 aromatic rings. The Bertz CT molecular complexity index is 1620. The third kappa shape index (κ3) is 5.70. The van der Waals surface area contributed by atoms with E-state index in [-0.39, 0.29) is 35.3 Å². The second kappa shape index (κ2) is 12.5. The maximum absolute atomic E-state index is 16.2. The van der Waals surface area contributed by atoms with Crippen molar-refractivity contribution < 1.29 is 18.7 Å². The molecule has 0 atom stereocenters. The normalized spacial score (nSPS) is 17.9. The second-order valence-electron chi connectivity index (χ2n) is 12.8. The lowest BCUT2D eigenvalue weighted by Crippen LogP contribution is -2.40. The SMILES string of the molecule is CCN(c1cc(-c2cc3c(cc2F)C2(CCOCC2)CC3)cc(C(=O)NCc2c(C)cc(C)[nH]c2=O)c1C)C1CCOCC1. The van der Waals surface area contributed by atoms with E-state index in [1.54, 1.807) is 6.07 Å². The van der Waals surface area contributed by atoms with Crippen molar-refractivity contribution in [2.75, 3.05) is 37.9 Å². The van der Waals surface area contributed by atoms with Crippen molar-refractivity contribution in [3.63, 3.8) is 0 Å². The van der Waals surface area contributed by atoms with E-state index in [0.717, 1.165) is 86.4 Å². The number of hydrogen-bond donors (Lipinski definition) is 2. The summed E-state index contributed by atoms with van der Waals surface area (Å²) in [4.78, 5) is 31.7. The molecule has 0 saturated carbocycles. The van der Waals surface area contributed by atoms with Crippen LogP contribution in [0.2, 0.25) is 0 Å². The first-order valence-corrected chi connectivity index (χ1v) is 16.1. The largest absolute Gasteiger partial charge is 0.381 e. The molecule has 1 aliphatic carbocycles. The van der Waals surface area contributed by atoms with E-state index in [1.165, 1.54) is 5.56 Å². The molecule has 1 spiro atoms. The van der Waals surface area contributed by atoms with Crippen molar-refractivity contribution in [1.82, 2.24) is 10.3 Å². The molecule has 0 bridgehead atoms. The number of ether oxygens (including phenoxy) is 2. The fraction of sp³-hybridized carbons (Fsp3) is 0.500. The van der Waals surface area contributed by atoms with Crippen LogP contribution in [0.3, 0.4) is 0 Å². The zero-order valence-electron chi connectivity index (χ0n) is 26.4. The summed E-state index contributed by atoms with van der Waals surface area (Å²) in [7, 11) is 0. The first-order valence-electron chi connectivity index (χ1n) is 16.1. The highest BCUT2D eigenvalue weighted by Crippen LogP contribution is 2.48. The number of halogens is 1. The van der Waals surface area contributed by atoms with Crippen LogP contribution in [0.1, 0.15) is 82.9 Å². The molecule has 2 aliphatic heterocycles. The Morgan fingerprint density at radius 2 is 1.75 bits per heavy atom. The predicted molar refractivity (Wildman–Crippen MR) is 171 cm³/mol. The standard InChI is InChI=1S/C36H44FN3O4/c1-5-40(27-7-12-43-13-8-27)33-19-26(29-17-25-6-9-36(10-14-44-15-11-36)31(25)20-32(29)37)18-28(24(33)4)34(41)38-21-30-22(2)16-23(3)39-35(30)42/h16-20,27H,5-15,21H2,1-4H3,(H,38,41)(H,39,42). The van der Waals surface area contributed by atoms with Crippen LogP contribution in [0.5, 0.6) is 0 Å². The van der Waals surface area contributed by atoms with Gasteiger partial charge in [0.1, 0.15) is 5.82 Å². The van der Waals surface area contributed by atoms with Crippen molar-refractivity contribution in [3.05, 3.63) is 85.6 Å². The Balaban J connectivity index is 1.41. The molecule has 3 aliphatic rings. The summed E-state index contributed by atoms with van der Waals surface area (Å²) in [6, 6.07) is 9.83. The Labute approximate surface area is 259 Å². The number of fused-ring (bicyclic) bond motifs is 2. The minimum absolute atomic E-state index is 0.00442. The number of anilines is 1. The van der Waals surface area contributed by atoms with Crippen molar-refractivity contribution in [1.29, 1.82) is 0 Å². The van der Waals surface area contributed by atoms with E-state index in [0.29, 0.717) is 35.5 Å². The lowest BCUT2D eigenvalue weighted by Gasteiger charge is -2.37. The lowest BCUT2D eigenvalue weighted by molar-refractivity contribution is 0.0505. The number of carbonyl (C=O) groups is 1. The maximum atomic E-state index is 16.2. The van der Waals surface area contributed by atoms with Crippen LogP contribution in [0.15, 0.2) is 35.1 Å². The van der Waals surface area contributed by atoms with Gasteiger partial charge in [0.15, 0.2) is 0 Å². The van der Waals surface area contributed by atoms with Gasteiger partial charge in [0.2, 0.25) is 0 Å². The van der Waals surface area contributed by atoms with Crippen LogP contribution < -0.4 is 15.8 Å². The number of pyridine rings is 1. The number of amides is 1. The lowest BCUT2D eigenvalue weighted by atomic mass is 9.75.